The lowest BCUT2D eigenvalue weighted by Gasteiger charge is -2.11. The number of anilines is 1. The van der Waals surface area contributed by atoms with Crippen molar-refractivity contribution in [1.29, 1.82) is 0 Å². The maximum Gasteiger partial charge on any atom is 0.255 e. The first kappa shape index (κ1) is 21.4. The van der Waals surface area contributed by atoms with E-state index < -0.39 is 17.5 Å². The van der Waals surface area contributed by atoms with Gasteiger partial charge in [-0.25, -0.2) is 13.2 Å². The van der Waals surface area contributed by atoms with Gasteiger partial charge in [0.15, 0.2) is 23.1 Å². The van der Waals surface area contributed by atoms with E-state index >= 15 is 0 Å². The molecule has 5 aromatic rings. The number of pyridine rings is 1. The van der Waals surface area contributed by atoms with Gasteiger partial charge in [-0.05, 0) is 72.6 Å². The summed E-state index contributed by atoms with van der Waals surface area (Å²) in [5.41, 5.74) is 3.42. The van der Waals surface area contributed by atoms with E-state index in [1.807, 2.05) is 25.1 Å². The quantitative estimate of drug-likeness (QED) is 0.357. The Morgan fingerprint density at radius 3 is 2.44 bits per heavy atom. The lowest BCUT2D eigenvalue weighted by molar-refractivity contribution is 0.102. The van der Waals surface area contributed by atoms with Crippen LogP contribution in [0.4, 0.5) is 18.9 Å². The third kappa shape index (κ3) is 3.79. The topological polar surface area (TPSA) is 59.3 Å². The largest absolute Gasteiger partial charge is 0.322 e. The van der Waals surface area contributed by atoms with Crippen molar-refractivity contribution in [3.63, 3.8) is 0 Å². The van der Waals surface area contributed by atoms with Gasteiger partial charge in [0.2, 0.25) is 0 Å². The van der Waals surface area contributed by atoms with Crippen LogP contribution in [0.25, 0.3) is 28.2 Å². The van der Waals surface area contributed by atoms with Crippen molar-refractivity contribution < 1.29 is 18.0 Å². The summed E-state index contributed by atoms with van der Waals surface area (Å²) >= 11 is 0. The number of fused-ring (bicyclic) bond motifs is 1. The number of benzene rings is 3. The minimum atomic E-state index is -1.00. The van der Waals surface area contributed by atoms with Crippen LogP contribution in [0.1, 0.15) is 15.9 Å². The maximum atomic E-state index is 14.4. The number of carbonyl (C=O) groups is 1. The molecule has 34 heavy (non-hydrogen) atoms. The Bertz CT molecular complexity index is 1540. The Balaban J connectivity index is 1.55. The van der Waals surface area contributed by atoms with Crippen LogP contribution in [0, 0.1) is 24.4 Å². The second kappa shape index (κ2) is 8.47. The number of aryl methyl sites for hydroxylation is 1. The molecule has 0 unspecified atom stereocenters. The van der Waals surface area contributed by atoms with Crippen molar-refractivity contribution in [2.45, 2.75) is 6.92 Å². The highest BCUT2D eigenvalue weighted by atomic mass is 19.2. The van der Waals surface area contributed by atoms with E-state index in [4.69, 9.17) is 0 Å². The number of carbonyl (C=O) groups excluding carboxylic acids is 1. The zero-order valence-electron chi connectivity index (χ0n) is 17.9. The molecule has 2 aromatic heterocycles. The van der Waals surface area contributed by atoms with Crippen LogP contribution in [0.3, 0.4) is 0 Å². The van der Waals surface area contributed by atoms with E-state index in [2.05, 4.69) is 15.5 Å². The van der Waals surface area contributed by atoms with Crippen molar-refractivity contribution >= 4 is 17.2 Å². The fraction of sp³-hybridized carbons (Fsp3) is 0.0385. The van der Waals surface area contributed by atoms with Crippen LogP contribution in [0.5, 0.6) is 0 Å². The molecule has 0 fully saturated rings. The lowest BCUT2D eigenvalue weighted by Crippen LogP contribution is -2.13. The van der Waals surface area contributed by atoms with E-state index in [0.29, 0.717) is 28.0 Å². The predicted molar refractivity (Wildman–Crippen MR) is 123 cm³/mol. The molecule has 0 saturated carbocycles. The molecule has 0 bridgehead atoms. The number of hydrogen-bond donors (Lipinski definition) is 1. The summed E-state index contributed by atoms with van der Waals surface area (Å²) in [5.74, 6) is -2.55. The summed E-state index contributed by atoms with van der Waals surface area (Å²) in [6.07, 6.45) is 1.66. The van der Waals surface area contributed by atoms with Crippen LogP contribution in [0.15, 0.2) is 79.0 Å². The van der Waals surface area contributed by atoms with Gasteiger partial charge in [-0.1, -0.05) is 18.2 Å². The Morgan fingerprint density at radius 2 is 1.65 bits per heavy atom. The Hall–Kier alpha value is -4.46. The molecule has 5 nitrogen and oxygen atoms in total. The number of nitrogens with one attached hydrogen (secondary N) is 1. The van der Waals surface area contributed by atoms with E-state index in [1.165, 1.54) is 36.4 Å². The summed E-state index contributed by atoms with van der Waals surface area (Å²) in [4.78, 5) is 12.9. The van der Waals surface area contributed by atoms with Crippen molar-refractivity contribution in [3.8, 4) is 22.5 Å². The number of halogens is 3. The van der Waals surface area contributed by atoms with Gasteiger partial charge < -0.3 is 5.32 Å². The Morgan fingerprint density at radius 1 is 0.882 bits per heavy atom. The van der Waals surface area contributed by atoms with Crippen molar-refractivity contribution in [2.75, 3.05) is 5.32 Å². The van der Waals surface area contributed by atoms with Crippen LogP contribution in [-0.2, 0) is 0 Å². The molecule has 2 heterocycles. The van der Waals surface area contributed by atoms with E-state index in [0.717, 1.165) is 11.6 Å². The van der Waals surface area contributed by atoms with Gasteiger partial charge in [0.05, 0.1) is 5.56 Å². The fourth-order valence-electron chi connectivity index (χ4n) is 3.77. The van der Waals surface area contributed by atoms with Crippen LogP contribution in [-0.4, -0.2) is 20.5 Å². The zero-order valence-corrected chi connectivity index (χ0v) is 17.9. The molecule has 0 spiro atoms. The number of nitrogens with zero attached hydrogens (tertiary/aromatic N) is 3. The minimum Gasteiger partial charge on any atom is -0.322 e. The summed E-state index contributed by atoms with van der Waals surface area (Å²) < 4.78 is 42.9. The first-order valence-corrected chi connectivity index (χ1v) is 10.4. The number of aromatic nitrogens is 3. The van der Waals surface area contributed by atoms with Crippen molar-refractivity contribution in [3.05, 3.63) is 108 Å². The molecule has 0 atom stereocenters. The summed E-state index contributed by atoms with van der Waals surface area (Å²) in [6, 6.07) is 18.3. The monoisotopic (exact) mass is 458 g/mol. The normalized spacial score (nSPS) is 11.1. The molecule has 0 radical (unpaired) electrons. The number of rotatable bonds is 4. The molecular formula is C26H17F3N4O. The van der Waals surface area contributed by atoms with Crippen LogP contribution < -0.4 is 5.32 Å². The average molecular weight is 458 g/mol. The molecule has 168 valence electrons. The second-order valence-corrected chi connectivity index (χ2v) is 7.73. The molecule has 0 saturated heterocycles. The molecule has 3 aromatic carbocycles. The van der Waals surface area contributed by atoms with Gasteiger partial charge >= 0.3 is 0 Å². The van der Waals surface area contributed by atoms with Crippen molar-refractivity contribution in [2.24, 2.45) is 0 Å². The van der Waals surface area contributed by atoms with Gasteiger partial charge in [0, 0.05) is 23.0 Å². The first-order valence-electron chi connectivity index (χ1n) is 10.4. The first-order chi connectivity index (χ1) is 16.4. The standard InChI is InChI=1S/C26H17F3N4O/c1-15-7-8-16(14-21(15)26(34)30-18-11-9-17(27)10-12-18)19-5-3-13-33-24(19)31-32-25(33)20-4-2-6-22(28)23(20)29/h2-14H,1H3,(H,30,34). The molecule has 0 aliphatic carbocycles. The van der Waals surface area contributed by atoms with Crippen LogP contribution in [0.2, 0.25) is 0 Å². The molecule has 1 amide bonds. The average Bonchev–Trinajstić information content (AvgIpc) is 3.27. The Labute approximate surface area is 192 Å². The molecule has 0 aliphatic heterocycles. The number of amides is 1. The fourth-order valence-corrected chi connectivity index (χ4v) is 3.77. The second-order valence-electron chi connectivity index (χ2n) is 7.73. The van der Waals surface area contributed by atoms with Crippen molar-refractivity contribution in [1.82, 2.24) is 14.6 Å². The lowest BCUT2D eigenvalue weighted by atomic mass is 9.99. The Kier molecular flexibility index (Phi) is 5.33. The van der Waals surface area contributed by atoms with E-state index in [9.17, 15) is 18.0 Å². The smallest absolute Gasteiger partial charge is 0.255 e. The zero-order chi connectivity index (χ0) is 23.8. The van der Waals surface area contributed by atoms with Crippen LogP contribution >= 0.6 is 0 Å². The molecule has 8 heteroatoms. The molecule has 0 aliphatic rings. The summed E-state index contributed by atoms with van der Waals surface area (Å²) in [5, 5.41) is 11.1. The third-order valence-corrected chi connectivity index (χ3v) is 5.52. The van der Waals surface area contributed by atoms with Gasteiger partial charge in [-0.15, -0.1) is 10.2 Å². The molecule has 1 N–H and O–H groups in total. The van der Waals surface area contributed by atoms with E-state index in [-0.39, 0.29) is 17.3 Å². The highest BCUT2D eigenvalue weighted by Gasteiger charge is 2.18. The van der Waals surface area contributed by atoms with Gasteiger partial charge in [-0.3, -0.25) is 9.20 Å². The minimum absolute atomic E-state index is 0.00655. The molecular weight excluding hydrogens is 441 g/mol. The SMILES string of the molecule is Cc1ccc(-c2cccn3c(-c4cccc(F)c4F)nnc23)cc1C(=O)Nc1ccc(F)cc1. The maximum absolute atomic E-state index is 14.4. The highest BCUT2D eigenvalue weighted by Crippen LogP contribution is 2.30. The van der Waals surface area contributed by atoms with Gasteiger partial charge in [-0.2, -0.15) is 0 Å². The number of hydrogen-bond acceptors (Lipinski definition) is 3. The highest BCUT2D eigenvalue weighted by molar-refractivity contribution is 6.06. The third-order valence-electron chi connectivity index (χ3n) is 5.52. The van der Waals surface area contributed by atoms with Gasteiger partial charge in [0.1, 0.15) is 5.82 Å². The van der Waals surface area contributed by atoms with Gasteiger partial charge in [0.25, 0.3) is 5.91 Å². The summed E-state index contributed by atoms with van der Waals surface area (Å²) in [6.45, 7) is 1.81. The summed E-state index contributed by atoms with van der Waals surface area (Å²) in [7, 11) is 0. The van der Waals surface area contributed by atoms with E-state index in [1.54, 1.807) is 22.7 Å². The molecule has 5 rings (SSSR count). The predicted octanol–water partition coefficient (Wildman–Crippen LogP) is 6.04.